The molecule has 0 aromatic heterocycles. The minimum atomic E-state index is -0.684. The summed E-state index contributed by atoms with van der Waals surface area (Å²) in [5.41, 5.74) is 3.78. The van der Waals surface area contributed by atoms with E-state index >= 15 is 0 Å². The second-order valence-electron chi connectivity index (χ2n) is 8.68. The van der Waals surface area contributed by atoms with E-state index in [0.717, 1.165) is 35.5 Å². The summed E-state index contributed by atoms with van der Waals surface area (Å²) in [6.45, 7) is 12.8. The van der Waals surface area contributed by atoms with E-state index in [2.05, 4.69) is 57.8 Å². The minimum Gasteiger partial charge on any atom is -0.372 e. The van der Waals surface area contributed by atoms with Gasteiger partial charge in [-0.1, -0.05) is 13.8 Å². The monoisotopic (exact) mass is 459 g/mol. The second-order valence-corrected chi connectivity index (χ2v) is 8.68. The number of anilines is 1. The highest BCUT2D eigenvalue weighted by molar-refractivity contribution is 5.83. The topological polar surface area (TPSA) is 109 Å². The normalized spacial score (nSPS) is 11.8. The van der Waals surface area contributed by atoms with Gasteiger partial charge in [0.05, 0.1) is 22.4 Å². The maximum atomic E-state index is 12.4. The fourth-order valence-corrected chi connectivity index (χ4v) is 4.02. The number of aromatic amines is 1. The summed E-state index contributed by atoms with van der Waals surface area (Å²) in [5, 5.41) is 8.93. The van der Waals surface area contributed by atoms with Gasteiger partial charge in [-0.15, -0.1) is 0 Å². The Bertz CT molecular complexity index is 1430. The molecule has 0 amide bonds. The maximum absolute atomic E-state index is 12.4. The molecule has 2 heterocycles. The first kappa shape index (κ1) is 23.3. The smallest absolute Gasteiger partial charge is 0.349 e. The molecule has 4 rings (SSSR count). The van der Waals surface area contributed by atoms with E-state index in [9.17, 15) is 9.59 Å². The zero-order valence-corrected chi connectivity index (χ0v) is 20.2. The van der Waals surface area contributed by atoms with Crippen LogP contribution in [0.1, 0.15) is 33.3 Å². The van der Waals surface area contributed by atoms with Gasteiger partial charge in [0.25, 0.3) is 5.56 Å². The van der Waals surface area contributed by atoms with Crippen molar-refractivity contribution in [3.8, 4) is 11.5 Å². The van der Waals surface area contributed by atoms with Gasteiger partial charge in [-0.3, -0.25) is 9.78 Å². The van der Waals surface area contributed by atoms with Crippen molar-refractivity contribution in [1.29, 1.82) is 0 Å². The second kappa shape index (κ2) is 9.54. The van der Waals surface area contributed by atoms with Crippen LogP contribution in [0.15, 0.2) is 56.2 Å². The van der Waals surface area contributed by atoms with Gasteiger partial charge in [-0.2, -0.15) is 15.2 Å². The summed E-state index contributed by atoms with van der Waals surface area (Å²) in [6, 6.07) is 11.8. The summed E-state index contributed by atoms with van der Waals surface area (Å²) in [4.78, 5) is 37.3. The third kappa shape index (κ3) is 4.59. The first-order valence-corrected chi connectivity index (χ1v) is 11.5. The van der Waals surface area contributed by atoms with Crippen LogP contribution in [0.4, 0.5) is 17.1 Å². The highest BCUT2D eigenvalue weighted by atomic mass is 16.2. The van der Waals surface area contributed by atoms with Crippen LogP contribution in [0.3, 0.4) is 0 Å². The van der Waals surface area contributed by atoms with Crippen LogP contribution in [0.2, 0.25) is 0 Å². The number of fused-ring (bicyclic) bond motifs is 2. The van der Waals surface area contributed by atoms with Crippen molar-refractivity contribution in [2.24, 2.45) is 16.1 Å². The fourth-order valence-electron chi connectivity index (χ4n) is 4.02. The number of hydrogen-bond acceptors (Lipinski definition) is 7. The van der Waals surface area contributed by atoms with Crippen LogP contribution in [-0.4, -0.2) is 32.6 Å². The Hall–Kier alpha value is -3.88. The van der Waals surface area contributed by atoms with Crippen molar-refractivity contribution < 1.29 is 0 Å². The summed E-state index contributed by atoms with van der Waals surface area (Å²) >= 11 is 0. The Morgan fingerprint density at radius 2 is 1.74 bits per heavy atom. The molecular formula is C25H29N7O2. The Balaban J connectivity index is 1.81. The predicted molar refractivity (Wildman–Crippen MR) is 135 cm³/mol. The van der Waals surface area contributed by atoms with Crippen LogP contribution in [-0.2, 0) is 6.54 Å². The van der Waals surface area contributed by atoms with E-state index in [4.69, 9.17) is 0 Å². The van der Waals surface area contributed by atoms with Gasteiger partial charge in [0.1, 0.15) is 0 Å². The quantitative estimate of drug-likeness (QED) is 0.315. The number of H-pyrrole nitrogens is 1. The summed E-state index contributed by atoms with van der Waals surface area (Å²) < 4.78 is 1.87. The number of aromatic nitrogens is 4. The van der Waals surface area contributed by atoms with E-state index in [0.29, 0.717) is 17.7 Å². The molecular weight excluding hydrogens is 430 g/mol. The molecule has 176 valence electrons. The lowest BCUT2D eigenvalue weighted by Crippen LogP contribution is -2.29. The van der Waals surface area contributed by atoms with Gasteiger partial charge in [0.15, 0.2) is 11.5 Å². The van der Waals surface area contributed by atoms with Crippen molar-refractivity contribution in [3.05, 3.63) is 62.8 Å². The zero-order chi connectivity index (χ0) is 24.4. The Morgan fingerprint density at radius 1 is 1.03 bits per heavy atom. The molecule has 0 saturated heterocycles. The molecule has 0 spiro atoms. The molecule has 0 fully saturated rings. The van der Waals surface area contributed by atoms with Crippen LogP contribution in [0.5, 0.6) is 0 Å². The first-order chi connectivity index (χ1) is 16.3. The highest BCUT2D eigenvalue weighted by Crippen LogP contribution is 2.30. The molecule has 2 aromatic carbocycles. The predicted octanol–water partition coefficient (Wildman–Crippen LogP) is 4.81. The van der Waals surface area contributed by atoms with E-state index in [1.807, 2.05) is 47.9 Å². The largest absolute Gasteiger partial charge is 0.372 e. The summed E-state index contributed by atoms with van der Waals surface area (Å²) in [5.74, 6) is 0.527. The number of hydrogen-bond donors (Lipinski definition) is 1. The minimum absolute atomic E-state index is 0.148. The van der Waals surface area contributed by atoms with Crippen LogP contribution < -0.4 is 16.1 Å². The van der Waals surface area contributed by atoms with Crippen molar-refractivity contribution >= 4 is 28.1 Å². The lowest BCUT2D eigenvalue weighted by atomic mass is 10.1. The Kier molecular flexibility index (Phi) is 6.54. The fraction of sp³-hybridized carbons (Fsp3) is 0.360. The molecule has 9 heteroatoms. The maximum Gasteiger partial charge on any atom is 0.349 e. The summed E-state index contributed by atoms with van der Waals surface area (Å²) in [7, 11) is 0. The molecule has 1 N–H and O–H groups in total. The molecule has 0 atom stereocenters. The van der Waals surface area contributed by atoms with Crippen LogP contribution in [0.25, 0.3) is 22.6 Å². The molecule has 0 aliphatic carbocycles. The number of azo groups is 1. The van der Waals surface area contributed by atoms with Gasteiger partial charge >= 0.3 is 5.69 Å². The molecule has 0 unspecified atom stereocenters. The number of nitrogens with zero attached hydrogens (tertiary/aromatic N) is 6. The lowest BCUT2D eigenvalue weighted by Gasteiger charge is -2.20. The number of rotatable bonds is 7. The van der Waals surface area contributed by atoms with Gasteiger partial charge in [-0.05, 0) is 68.7 Å². The average Bonchev–Trinajstić information content (AvgIpc) is 2.80. The molecule has 2 aromatic rings. The third-order valence-electron chi connectivity index (χ3n) is 5.73. The van der Waals surface area contributed by atoms with E-state index in [-0.39, 0.29) is 17.4 Å². The van der Waals surface area contributed by atoms with Crippen molar-refractivity contribution in [1.82, 2.24) is 19.5 Å². The zero-order valence-electron chi connectivity index (χ0n) is 20.2. The Labute approximate surface area is 197 Å². The van der Waals surface area contributed by atoms with Gasteiger partial charge in [-0.25, -0.2) is 9.78 Å². The highest BCUT2D eigenvalue weighted by Gasteiger charge is 2.20. The number of nitrogens with one attached hydrogen (secondary N) is 1. The lowest BCUT2D eigenvalue weighted by molar-refractivity contribution is 0.530. The third-order valence-corrected chi connectivity index (χ3v) is 5.73. The molecule has 0 bridgehead atoms. The summed E-state index contributed by atoms with van der Waals surface area (Å²) in [6.07, 6.45) is 0. The number of aryl methyl sites for hydroxylation is 1. The first-order valence-electron chi connectivity index (χ1n) is 11.5. The van der Waals surface area contributed by atoms with E-state index in [1.165, 1.54) is 0 Å². The molecule has 2 aliphatic heterocycles. The standard InChI is InChI=1S/C25H29N7O2/c1-6-31(7-2)18-10-8-17(9-11-18)29-30-19-13-21-20(12-16(19)5)26-22-23(32(21)14-15(3)4)27-25(34)28-24(22)33/h8-13,15H,6-7,14H2,1-5H3,(H,28,33,34). The Morgan fingerprint density at radius 3 is 2.38 bits per heavy atom. The van der Waals surface area contributed by atoms with Crippen LogP contribution in [0, 0.1) is 12.8 Å². The van der Waals surface area contributed by atoms with Crippen LogP contribution >= 0.6 is 0 Å². The molecule has 34 heavy (non-hydrogen) atoms. The van der Waals surface area contributed by atoms with Crippen molar-refractivity contribution in [2.45, 2.75) is 41.2 Å². The molecule has 0 saturated carbocycles. The van der Waals surface area contributed by atoms with Crippen molar-refractivity contribution in [2.75, 3.05) is 18.0 Å². The average molecular weight is 460 g/mol. The molecule has 9 nitrogen and oxygen atoms in total. The van der Waals surface area contributed by atoms with E-state index < -0.39 is 11.2 Å². The van der Waals surface area contributed by atoms with Gasteiger partial charge in [0.2, 0.25) is 0 Å². The van der Waals surface area contributed by atoms with Gasteiger partial charge in [0, 0.05) is 25.3 Å². The number of benzene rings is 2. The molecule has 0 radical (unpaired) electrons. The van der Waals surface area contributed by atoms with Crippen molar-refractivity contribution in [3.63, 3.8) is 0 Å². The molecule has 2 aliphatic rings. The SMILES string of the molecule is CCN(CC)c1ccc(N=Nc2cc3c(cc2C)nc2c(=O)[nH]c(=O)nc-2n3CC(C)C)cc1. The van der Waals surface area contributed by atoms with E-state index in [1.54, 1.807) is 0 Å². The van der Waals surface area contributed by atoms with Gasteiger partial charge < -0.3 is 9.47 Å².